The number of benzene rings is 1. The van der Waals surface area contributed by atoms with E-state index in [2.05, 4.69) is 11.0 Å². The van der Waals surface area contributed by atoms with E-state index >= 15 is 0 Å². The second-order valence-corrected chi connectivity index (χ2v) is 5.10. The van der Waals surface area contributed by atoms with Gasteiger partial charge < -0.3 is 19.7 Å². The lowest BCUT2D eigenvalue weighted by molar-refractivity contribution is -0.159. The van der Waals surface area contributed by atoms with E-state index in [9.17, 15) is 0 Å². The van der Waals surface area contributed by atoms with Gasteiger partial charge in [-0.2, -0.15) is 0 Å². The van der Waals surface area contributed by atoms with Crippen LogP contribution < -0.4 is 9.47 Å². The molecule has 1 aromatic rings. The van der Waals surface area contributed by atoms with Crippen LogP contribution in [0.3, 0.4) is 0 Å². The van der Waals surface area contributed by atoms with Gasteiger partial charge in [0.05, 0.1) is 14.2 Å². The van der Waals surface area contributed by atoms with Gasteiger partial charge in [-0.25, -0.2) is 9.59 Å². The van der Waals surface area contributed by atoms with Crippen molar-refractivity contribution in [2.75, 3.05) is 27.3 Å². The molecular formula is C16H23NO6. The van der Waals surface area contributed by atoms with Crippen LogP contribution in [0.1, 0.15) is 24.8 Å². The number of carboxylic acids is 2. The quantitative estimate of drug-likeness (QED) is 0.815. The van der Waals surface area contributed by atoms with Crippen LogP contribution in [-0.4, -0.2) is 54.4 Å². The minimum absolute atomic E-state index is 0.821. The summed E-state index contributed by atoms with van der Waals surface area (Å²) in [5.74, 6) is -1.95. The molecule has 0 spiro atoms. The first kappa shape index (κ1) is 18.8. The van der Waals surface area contributed by atoms with Crippen molar-refractivity contribution < 1.29 is 29.3 Å². The zero-order chi connectivity index (χ0) is 17.2. The van der Waals surface area contributed by atoms with Crippen molar-refractivity contribution in [3.8, 4) is 11.5 Å². The molecule has 7 nitrogen and oxygen atoms in total. The van der Waals surface area contributed by atoms with Gasteiger partial charge >= 0.3 is 11.9 Å². The van der Waals surface area contributed by atoms with Gasteiger partial charge in [0.25, 0.3) is 0 Å². The van der Waals surface area contributed by atoms with Crippen molar-refractivity contribution in [1.82, 2.24) is 4.90 Å². The molecule has 128 valence electrons. The van der Waals surface area contributed by atoms with Crippen LogP contribution in [0, 0.1) is 0 Å². The smallest absolute Gasteiger partial charge is 0.414 e. The number of piperidine rings is 1. The number of ether oxygens (including phenoxy) is 2. The maximum atomic E-state index is 9.10. The van der Waals surface area contributed by atoms with Crippen molar-refractivity contribution in [1.29, 1.82) is 0 Å². The van der Waals surface area contributed by atoms with Gasteiger partial charge in [-0.1, -0.05) is 18.6 Å². The first-order valence-electron chi connectivity index (χ1n) is 7.38. The third-order valence-corrected chi connectivity index (χ3v) is 3.51. The Balaban J connectivity index is 0.000000379. The summed E-state index contributed by atoms with van der Waals surface area (Å²) in [4.78, 5) is 20.7. The van der Waals surface area contributed by atoms with E-state index in [1.54, 1.807) is 14.2 Å². The van der Waals surface area contributed by atoms with Crippen molar-refractivity contribution in [3.05, 3.63) is 23.8 Å². The fourth-order valence-electron chi connectivity index (χ4n) is 2.44. The minimum Gasteiger partial charge on any atom is -0.493 e. The highest BCUT2D eigenvalue weighted by atomic mass is 16.5. The standard InChI is InChI=1S/C14H21NO2.C2H2O4/c1-16-13-8-6-7-12(14(13)17-2)11-15-9-4-3-5-10-15;3-1(4)2(5)6/h6-8H,3-5,9-11H2,1-2H3;(H,3,4)(H,5,6). The highest BCUT2D eigenvalue weighted by Gasteiger charge is 2.15. The highest BCUT2D eigenvalue weighted by Crippen LogP contribution is 2.31. The Labute approximate surface area is 135 Å². The molecule has 1 heterocycles. The fraction of sp³-hybridized carbons (Fsp3) is 0.500. The summed E-state index contributed by atoms with van der Waals surface area (Å²) < 4.78 is 10.8. The third-order valence-electron chi connectivity index (χ3n) is 3.51. The van der Waals surface area contributed by atoms with E-state index in [4.69, 9.17) is 29.3 Å². The van der Waals surface area contributed by atoms with Crippen LogP contribution in [0.25, 0.3) is 0 Å². The van der Waals surface area contributed by atoms with E-state index in [0.717, 1.165) is 18.0 Å². The summed E-state index contributed by atoms with van der Waals surface area (Å²) in [6, 6.07) is 6.09. The van der Waals surface area contributed by atoms with Crippen LogP contribution in [0.4, 0.5) is 0 Å². The molecule has 0 saturated carbocycles. The SMILES string of the molecule is COc1cccc(CN2CCCCC2)c1OC.O=C(O)C(=O)O. The van der Waals surface area contributed by atoms with Gasteiger partial charge in [0, 0.05) is 12.1 Å². The van der Waals surface area contributed by atoms with E-state index in [-0.39, 0.29) is 0 Å². The zero-order valence-corrected chi connectivity index (χ0v) is 13.4. The van der Waals surface area contributed by atoms with E-state index in [1.807, 2.05) is 12.1 Å². The Morgan fingerprint density at radius 1 is 1.04 bits per heavy atom. The molecule has 0 bridgehead atoms. The van der Waals surface area contributed by atoms with Gasteiger partial charge in [0.2, 0.25) is 0 Å². The molecule has 0 aromatic heterocycles. The summed E-state index contributed by atoms with van der Waals surface area (Å²) >= 11 is 0. The molecule has 2 rings (SSSR count). The summed E-state index contributed by atoms with van der Waals surface area (Å²) in [6.07, 6.45) is 3.99. The number of rotatable bonds is 4. The predicted molar refractivity (Wildman–Crippen MR) is 83.9 cm³/mol. The summed E-state index contributed by atoms with van der Waals surface area (Å²) in [5.41, 5.74) is 1.22. The number of hydrogen-bond donors (Lipinski definition) is 2. The Morgan fingerprint density at radius 2 is 1.65 bits per heavy atom. The first-order valence-corrected chi connectivity index (χ1v) is 7.38. The van der Waals surface area contributed by atoms with Gasteiger partial charge in [0.15, 0.2) is 11.5 Å². The van der Waals surface area contributed by atoms with Gasteiger partial charge in [-0.3, -0.25) is 4.90 Å². The van der Waals surface area contributed by atoms with Crippen molar-refractivity contribution in [3.63, 3.8) is 0 Å². The maximum absolute atomic E-state index is 9.10. The van der Waals surface area contributed by atoms with E-state index in [0.29, 0.717) is 0 Å². The lowest BCUT2D eigenvalue weighted by Crippen LogP contribution is -2.29. The number of aliphatic carboxylic acids is 2. The Morgan fingerprint density at radius 3 is 2.13 bits per heavy atom. The van der Waals surface area contributed by atoms with Gasteiger partial charge in [-0.15, -0.1) is 0 Å². The van der Waals surface area contributed by atoms with Crippen LogP contribution in [0.2, 0.25) is 0 Å². The molecule has 1 aliphatic heterocycles. The van der Waals surface area contributed by atoms with E-state index in [1.165, 1.54) is 37.9 Å². The number of likely N-dealkylation sites (tertiary alicyclic amines) is 1. The number of nitrogens with zero attached hydrogens (tertiary/aromatic N) is 1. The molecule has 7 heteroatoms. The number of carboxylic acid groups (broad SMARTS) is 2. The van der Waals surface area contributed by atoms with E-state index < -0.39 is 11.9 Å². The van der Waals surface area contributed by atoms with Crippen LogP contribution >= 0.6 is 0 Å². The van der Waals surface area contributed by atoms with Crippen molar-refractivity contribution in [2.24, 2.45) is 0 Å². The van der Waals surface area contributed by atoms with Crippen LogP contribution in [0.5, 0.6) is 11.5 Å². The lowest BCUT2D eigenvalue weighted by Gasteiger charge is -2.27. The highest BCUT2D eigenvalue weighted by molar-refractivity contribution is 6.27. The molecule has 0 amide bonds. The van der Waals surface area contributed by atoms with Crippen molar-refractivity contribution in [2.45, 2.75) is 25.8 Å². The average Bonchev–Trinajstić information content (AvgIpc) is 2.56. The normalized spacial score (nSPS) is 14.3. The zero-order valence-electron chi connectivity index (χ0n) is 13.4. The minimum atomic E-state index is -1.82. The number of methoxy groups -OCH3 is 2. The van der Waals surface area contributed by atoms with Gasteiger partial charge in [0.1, 0.15) is 0 Å². The first-order chi connectivity index (χ1) is 11.0. The van der Waals surface area contributed by atoms with Crippen LogP contribution in [-0.2, 0) is 16.1 Å². The molecule has 1 aliphatic rings. The Hall–Kier alpha value is -2.28. The van der Waals surface area contributed by atoms with Crippen molar-refractivity contribution >= 4 is 11.9 Å². The summed E-state index contributed by atoms with van der Waals surface area (Å²) in [7, 11) is 3.39. The molecule has 1 aromatic carbocycles. The monoisotopic (exact) mass is 325 g/mol. The van der Waals surface area contributed by atoms with Gasteiger partial charge in [-0.05, 0) is 32.0 Å². The number of para-hydroxylation sites is 1. The Bertz CT molecular complexity index is 513. The maximum Gasteiger partial charge on any atom is 0.414 e. The lowest BCUT2D eigenvalue weighted by atomic mass is 10.1. The second kappa shape index (κ2) is 9.68. The molecule has 0 aliphatic carbocycles. The summed E-state index contributed by atoms with van der Waals surface area (Å²) in [5, 5.41) is 14.8. The Kier molecular flexibility index (Phi) is 7.90. The predicted octanol–water partition coefficient (Wildman–Crippen LogP) is 1.85. The molecule has 0 unspecified atom stereocenters. The second-order valence-electron chi connectivity index (χ2n) is 5.10. The molecule has 2 N–H and O–H groups in total. The molecule has 23 heavy (non-hydrogen) atoms. The number of carbonyl (C=O) groups is 2. The molecule has 1 saturated heterocycles. The van der Waals surface area contributed by atoms with Crippen LogP contribution in [0.15, 0.2) is 18.2 Å². The molecule has 0 atom stereocenters. The third kappa shape index (κ3) is 6.15. The molecule has 0 radical (unpaired) electrons. The topological polar surface area (TPSA) is 96.3 Å². The molecular weight excluding hydrogens is 302 g/mol. The largest absolute Gasteiger partial charge is 0.493 e. The number of hydrogen-bond acceptors (Lipinski definition) is 5. The molecule has 1 fully saturated rings. The summed E-state index contributed by atoms with van der Waals surface area (Å²) in [6.45, 7) is 3.35. The fourth-order valence-corrected chi connectivity index (χ4v) is 2.44. The average molecular weight is 325 g/mol.